The average Bonchev–Trinajstić information content (AvgIpc) is 3.14. The van der Waals surface area contributed by atoms with Crippen molar-refractivity contribution in [3.05, 3.63) is 115 Å². The van der Waals surface area contributed by atoms with E-state index in [1.54, 1.807) is 0 Å². The molecule has 1 aliphatic heterocycles. The molecule has 3 heteroatoms. The van der Waals surface area contributed by atoms with Crippen LogP contribution in [-0.2, 0) is 0 Å². The third-order valence-electron chi connectivity index (χ3n) is 4.00. The van der Waals surface area contributed by atoms with Crippen LogP contribution in [0.3, 0.4) is 0 Å². The fourth-order valence-electron chi connectivity index (χ4n) is 2.85. The first kappa shape index (κ1) is 14.5. The molecule has 3 aromatic rings. The van der Waals surface area contributed by atoms with Crippen molar-refractivity contribution in [1.29, 1.82) is 0 Å². The Bertz CT molecular complexity index is 761. The van der Waals surface area contributed by atoms with Gasteiger partial charge in [-0.05, 0) is 29.8 Å². The van der Waals surface area contributed by atoms with E-state index in [-0.39, 0.29) is 6.04 Å². The van der Waals surface area contributed by atoms with E-state index in [2.05, 4.69) is 59.0 Å². The van der Waals surface area contributed by atoms with Gasteiger partial charge in [-0.3, -0.25) is 4.98 Å². The predicted octanol–water partition coefficient (Wildman–Crippen LogP) is 4.46. The average molecular weight is 311 g/mol. The lowest BCUT2D eigenvalue weighted by Gasteiger charge is -2.28. The minimum atomic E-state index is -0.00244. The molecule has 0 unspecified atom stereocenters. The zero-order valence-electron chi connectivity index (χ0n) is 13.2. The van der Waals surface area contributed by atoms with Gasteiger partial charge in [-0.1, -0.05) is 54.6 Å². The van der Waals surface area contributed by atoms with Crippen LogP contribution in [0.15, 0.2) is 97.5 Å². The minimum absolute atomic E-state index is 0.00244. The summed E-state index contributed by atoms with van der Waals surface area (Å²) in [5.41, 5.74) is 3.27. The first-order chi connectivity index (χ1) is 11.9. The number of pyridine rings is 1. The van der Waals surface area contributed by atoms with E-state index in [1.165, 1.54) is 5.56 Å². The molecule has 2 radical (unpaired) electrons. The van der Waals surface area contributed by atoms with Crippen LogP contribution in [0, 0.1) is 6.67 Å². The van der Waals surface area contributed by atoms with Crippen molar-refractivity contribution >= 4 is 5.69 Å². The number of aromatic nitrogens is 1. The molecular formula is C21H17N3. The molecule has 1 atom stereocenters. The van der Waals surface area contributed by atoms with Gasteiger partial charge in [-0.25, -0.2) is 0 Å². The summed E-state index contributed by atoms with van der Waals surface area (Å²) in [6, 6.07) is 26.6. The Balaban J connectivity index is 1.65. The Hall–Kier alpha value is -3.07. The first-order valence-electron chi connectivity index (χ1n) is 7.95. The van der Waals surface area contributed by atoms with Crippen LogP contribution in [-0.4, -0.2) is 9.88 Å². The second-order valence-electron chi connectivity index (χ2n) is 5.58. The Morgan fingerprint density at radius 3 is 2.17 bits per heavy atom. The highest BCUT2D eigenvalue weighted by Gasteiger charge is 2.27. The van der Waals surface area contributed by atoms with E-state index >= 15 is 0 Å². The van der Waals surface area contributed by atoms with Gasteiger partial charge in [0.15, 0.2) is 0 Å². The van der Waals surface area contributed by atoms with Crippen molar-refractivity contribution in [3.63, 3.8) is 0 Å². The summed E-state index contributed by atoms with van der Waals surface area (Å²) in [7, 11) is 0. The highest BCUT2D eigenvalue weighted by molar-refractivity contribution is 5.52. The second-order valence-corrected chi connectivity index (χ2v) is 5.58. The summed E-state index contributed by atoms with van der Waals surface area (Å²) in [5, 5.41) is 0. The van der Waals surface area contributed by atoms with E-state index in [9.17, 15) is 0 Å². The molecule has 0 aliphatic carbocycles. The molecule has 0 bridgehead atoms. The van der Waals surface area contributed by atoms with Crippen LogP contribution >= 0.6 is 0 Å². The molecule has 0 saturated carbocycles. The Morgan fingerprint density at radius 1 is 0.750 bits per heavy atom. The quantitative estimate of drug-likeness (QED) is 0.709. The van der Waals surface area contributed by atoms with Gasteiger partial charge in [0.1, 0.15) is 0 Å². The summed E-state index contributed by atoms with van der Waals surface area (Å²) in [6.07, 6.45) is 5.90. The first-order valence-corrected chi connectivity index (χ1v) is 7.95. The van der Waals surface area contributed by atoms with Crippen LogP contribution in [0.2, 0.25) is 0 Å². The van der Waals surface area contributed by atoms with Crippen molar-refractivity contribution in [1.82, 2.24) is 9.88 Å². The lowest BCUT2D eigenvalue weighted by molar-refractivity contribution is 0.388. The lowest BCUT2D eigenvalue weighted by Crippen LogP contribution is -2.25. The van der Waals surface area contributed by atoms with Crippen molar-refractivity contribution in [2.45, 2.75) is 6.04 Å². The van der Waals surface area contributed by atoms with Crippen molar-refractivity contribution in [2.75, 3.05) is 4.90 Å². The Kier molecular flexibility index (Phi) is 3.98. The monoisotopic (exact) mass is 311 g/mol. The van der Waals surface area contributed by atoms with Crippen molar-refractivity contribution in [3.8, 4) is 0 Å². The number of hydrogen-bond acceptors (Lipinski definition) is 3. The minimum Gasteiger partial charge on any atom is -0.333 e. The molecule has 0 N–H and O–H groups in total. The van der Waals surface area contributed by atoms with E-state index in [0.717, 1.165) is 11.4 Å². The maximum absolute atomic E-state index is 4.56. The summed E-state index contributed by atoms with van der Waals surface area (Å²) < 4.78 is 0. The Morgan fingerprint density at radius 2 is 1.46 bits per heavy atom. The summed E-state index contributed by atoms with van der Waals surface area (Å²) in [5.74, 6) is 0. The molecule has 0 saturated heterocycles. The smallest absolute Gasteiger partial charge is 0.213 e. The van der Waals surface area contributed by atoms with Gasteiger partial charge in [-0.2, -0.15) is 0 Å². The second kappa shape index (κ2) is 6.59. The zero-order chi connectivity index (χ0) is 16.2. The molecule has 0 fully saturated rings. The summed E-state index contributed by atoms with van der Waals surface area (Å²) in [4.78, 5) is 8.64. The number of hydrogen-bond donors (Lipinski definition) is 0. The molecule has 3 nitrogen and oxygen atoms in total. The van der Waals surface area contributed by atoms with Crippen LogP contribution in [0.25, 0.3) is 0 Å². The summed E-state index contributed by atoms with van der Waals surface area (Å²) in [6.45, 7) is 3.42. The lowest BCUT2D eigenvalue weighted by atomic mass is 10.0. The van der Waals surface area contributed by atoms with E-state index in [0.29, 0.717) is 0 Å². The third kappa shape index (κ3) is 2.88. The number of anilines is 1. The van der Waals surface area contributed by atoms with E-state index in [1.807, 2.05) is 59.9 Å². The molecule has 0 amide bonds. The number of benzene rings is 2. The van der Waals surface area contributed by atoms with Gasteiger partial charge in [0.05, 0.1) is 11.7 Å². The molecule has 1 aromatic heterocycles. The highest BCUT2D eigenvalue weighted by atomic mass is 15.4. The predicted molar refractivity (Wildman–Crippen MR) is 95.7 cm³/mol. The van der Waals surface area contributed by atoms with Crippen LogP contribution in [0.4, 0.5) is 5.69 Å². The summed E-state index contributed by atoms with van der Waals surface area (Å²) >= 11 is 0. The fraction of sp³-hybridized carbons (Fsp3) is 0.0476. The van der Waals surface area contributed by atoms with Gasteiger partial charge < -0.3 is 9.80 Å². The van der Waals surface area contributed by atoms with E-state index < -0.39 is 0 Å². The van der Waals surface area contributed by atoms with Gasteiger partial charge in [0.25, 0.3) is 0 Å². The van der Waals surface area contributed by atoms with Gasteiger partial charge in [0, 0.05) is 24.3 Å². The number of nitrogens with zero attached hydrogens (tertiary/aromatic N) is 3. The van der Waals surface area contributed by atoms with Gasteiger partial charge in [0.2, 0.25) is 6.67 Å². The van der Waals surface area contributed by atoms with E-state index in [4.69, 9.17) is 0 Å². The van der Waals surface area contributed by atoms with Gasteiger partial charge >= 0.3 is 0 Å². The fourth-order valence-corrected chi connectivity index (χ4v) is 2.85. The normalized spacial score (nSPS) is 14.8. The standard InChI is InChI=1S/C21H17N3/c1-3-9-18(10-4-1)21(20-13-7-8-14-22-20)24-16-15-23(17-24)19-11-5-2-6-12-19/h1-16,21H/t21-/m0/s1. The molecule has 0 spiro atoms. The molecular weight excluding hydrogens is 294 g/mol. The molecule has 2 aromatic carbocycles. The van der Waals surface area contributed by atoms with Crippen molar-refractivity contribution < 1.29 is 0 Å². The van der Waals surface area contributed by atoms with Crippen LogP contribution in [0.5, 0.6) is 0 Å². The maximum Gasteiger partial charge on any atom is 0.213 e. The number of para-hydroxylation sites is 1. The SMILES string of the molecule is [C]1N(c2ccccc2)C=CN1[C@@H](c1ccccc1)c1ccccn1. The topological polar surface area (TPSA) is 19.4 Å². The molecule has 4 rings (SSSR count). The molecule has 2 heterocycles. The Labute approximate surface area is 142 Å². The third-order valence-corrected chi connectivity index (χ3v) is 4.00. The molecule has 1 aliphatic rings. The highest BCUT2D eigenvalue weighted by Crippen LogP contribution is 2.33. The van der Waals surface area contributed by atoms with Crippen LogP contribution < -0.4 is 4.90 Å². The van der Waals surface area contributed by atoms with Gasteiger partial charge in [-0.15, -0.1) is 0 Å². The van der Waals surface area contributed by atoms with Crippen LogP contribution in [0.1, 0.15) is 17.3 Å². The maximum atomic E-state index is 4.56. The zero-order valence-corrected chi connectivity index (χ0v) is 13.2. The largest absolute Gasteiger partial charge is 0.333 e. The molecule has 24 heavy (non-hydrogen) atoms. The molecule has 116 valence electrons. The van der Waals surface area contributed by atoms with Crippen molar-refractivity contribution in [2.24, 2.45) is 0 Å². The number of rotatable bonds is 4.